The summed E-state index contributed by atoms with van der Waals surface area (Å²) < 4.78 is 0. The SMILES string of the molecule is O=C(Nc1cccc2cccnc12)[C@H]1CN(C(=O)O)CC[C@H]1c1ccccc1. The highest BCUT2D eigenvalue weighted by atomic mass is 16.4. The number of carbonyl (C=O) groups is 2. The second-order valence-electron chi connectivity index (χ2n) is 7.01. The number of aromatic nitrogens is 1. The van der Waals surface area contributed by atoms with Gasteiger partial charge in [0.2, 0.25) is 5.91 Å². The Kier molecular flexibility index (Phi) is 4.93. The zero-order valence-corrected chi connectivity index (χ0v) is 15.3. The van der Waals surface area contributed by atoms with E-state index in [1.807, 2.05) is 60.7 Å². The zero-order chi connectivity index (χ0) is 19.5. The molecule has 28 heavy (non-hydrogen) atoms. The number of carboxylic acid groups (broad SMARTS) is 1. The maximum atomic E-state index is 13.2. The molecule has 1 saturated heterocycles. The van der Waals surface area contributed by atoms with Crippen LogP contribution in [0.5, 0.6) is 0 Å². The van der Waals surface area contributed by atoms with Gasteiger partial charge in [-0.05, 0) is 30.0 Å². The molecule has 1 aromatic heterocycles. The van der Waals surface area contributed by atoms with Gasteiger partial charge in [0.1, 0.15) is 0 Å². The third-order valence-corrected chi connectivity index (χ3v) is 5.34. The lowest BCUT2D eigenvalue weighted by Gasteiger charge is -2.36. The molecule has 1 aliphatic rings. The minimum absolute atomic E-state index is 0.0280. The number of likely N-dealkylation sites (tertiary alicyclic amines) is 1. The van der Waals surface area contributed by atoms with Gasteiger partial charge in [0, 0.05) is 24.7 Å². The Hall–Kier alpha value is -3.41. The number of nitrogens with one attached hydrogen (secondary N) is 1. The minimum atomic E-state index is -0.990. The van der Waals surface area contributed by atoms with Crippen LogP contribution < -0.4 is 5.32 Å². The van der Waals surface area contributed by atoms with Gasteiger partial charge in [0.25, 0.3) is 0 Å². The molecule has 0 aliphatic carbocycles. The first-order valence-electron chi connectivity index (χ1n) is 9.31. The maximum Gasteiger partial charge on any atom is 0.407 e. The van der Waals surface area contributed by atoms with Crippen LogP contribution in [-0.2, 0) is 4.79 Å². The van der Waals surface area contributed by atoms with Crippen LogP contribution in [0.4, 0.5) is 10.5 Å². The van der Waals surface area contributed by atoms with Gasteiger partial charge in [-0.1, -0.05) is 48.5 Å². The Bertz CT molecular complexity index is 1000. The van der Waals surface area contributed by atoms with Crippen molar-refractivity contribution in [2.24, 2.45) is 5.92 Å². The van der Waals surface area contributed by atoms with Gasteiger partial charge in [-0.25, -0.2) is 4.79 Å². The van der Waals surface area contributed by atoms with Gasteiger partial charge in [0.05, 0.1) is 17.1 Å². The Morgan fingerprint density at radius 3 is 2.61 bits per heavy atom. The fourth-order valence-electron chi connectivity index (χ4n) is 3.92. The van der Waals surface area contributed by atoms with Gasteiger partial charge in [-0.2, -0.15) is 0 Å². The molecule has 1 fully saturated rings. The number of pyridine rings is 1. The predicted molar refractivity (Wildman–Crippen MR) is 107 cm³/mol. The van der Waals surface area contributed by atoms with Gasteiger partial charge in [0.15, 0.2) is 0 Å². The van der Waals surface area contributed by atoms with Crippen LogP contribution in [0.1, 0.15) is 17.9 Å². The lowest BCUT2D eigenvalue weighted by atomic mass is 9.80. The van der Waals surface area contributed by atoms with Crippen LogP contribution in [0, 0.1) is 5.92 Å². The predicted octanol–water partition coefficient (Wildman–Crippen LogP) is 3.96. The zero-order valence-electron chi connectivity index (χ0n) is 15.3. The Morgan fingerprint density at radius 1 is 1.04 bits per heavy atom. The maximum absolute atomic E-state index is 13.2. The van der Waals surface area contributed by atoms with Crippen LogP contribution in [0.3, 0.4) is 0 Å². The molecule has 1 aliphatic heterocycles. The largest absolute Gasteiger partial charge is 0.465 e. The van der Waals surface area contributed by atoms with Gasteiger partial charge in [-0.3, -0.25) is 9.78 Å². The van der Waals surface area contributed by atoms with Crippen molar-refractivity contribution in [2.75, 3.05) is 18.4 Å². The van der Waals surface area contributed by atoms with Crippen molar-refractivity contribution in [2.45, 2.75) is 12.3 Å². The van der Waals surface area contributed by atoms with Crippen LogP contribution in [-0.4, -0.2) is 40.1 Å². The second-order valence-corrected chi connectivity index (χ2v) is 7.01. The average Bonchev–Trinajstić information content (AvgIpc) is 2.74. The average molecular weight is 375 g/mol. The molecular formula is C22H21N3O3. The van der Waals surface area contributed by atoms with E-state index in [2.05, 4.69) is 10.3 Å². The fourth-order valence-corrected chi connectivity index (χ4v) is 3.92. The Balaban J connectivity index is 1.64. The number of para-hydroxylation sites is 1. The van der Waals surface area contributed by atoms with Gasteiger partial charge in [-0.15, -0.1) is 0 Å². The summed E-state index contributed by atoms with van der Waals surface area (Å²) in [6, 6.07) is 19.3. The molecule has 2 heterocycles. The van der Waals surface area contributed by atoms with E-state index in [-0.39, 0.29) is 18.4 Å². The summed E-state index contributed by atoms with van der Waals surface area (Å²) in [5, 5.41) is 13.3. The highest BCUT2D eigenvalue weighted by molar-refractivity contribution is 6.01. The van der Waals surface area contributed by atoms with Gasteiger partial charge >= 0.3 is 6.09 Å². The molecule has 2 atom stereocenters. The van der Waals surface area contributed by atoms with Crippen LogP contribution in [0.15, 0.2) is 66.9 Å². The monoisotopic (exact) mass is 375 g/mol. The first kappa shape index (κ1) is 18.0. The van der Waals surface area contributed by atoms with Crippen molar-refractivity contribution in [1.82, 2.24) is 9.88 Å². The molecule has 2 N–H and O–H groups in total. The third kappa shape index (κ3) is 3.53. The van der Waals surface area contributed by atoms with E-state index in [1.165, 1.54) is 4.90 Å². The second kappa shape index (κ2) is 7.68. The fraction of sp³-hybridized carbons (Fsp3) is 0.227. The minimum Gasteiger partial charge on any atom is -0.465 e. The van der Waals surface area contributed by atoms with Crippen LogP contribution >= 0.6 is 0 Å². The highest BCUT2D eigenvalue weighted by Gasteiger charge is 2.37. The number of anilines is 1. The Labute approximate surface area is 162 Å². The van der Waals surface area contributed by atoms with Crippen molar-refractivity contribution in [3.8, 4) is 0 Å². The number of carbonyl (C=O) groups excluding carboxylic acids is 1. The van der Waals surface area contributed by atoms with Crippen molar-refractivity contribution < 1.29 is 14.7 Å². The summed E-state index contributed by atoms with van der Waals surface area (Å²) in [6.07, 6.45) is 1.32. The molecule has 6 heteroatoms. The number of piperidine rings is 1. The van der Waals surface area contributed by atoms with Crippen molar-refractivity contribution in [3.63, 3.8) is 0 Å². The number of benzene rings is 2. The van der Waals surface area contributed by atoms with E-state index in [0.29, 0.717) is 18.7 Å². The van der Waals surface area contributed by atoms with E-state index in [4.69, 9.17) is 0 Å². The molecule has 0 unspecified atom stereocenters. The number of nitrogens with zero attached hydrogens (tertiary/aromatic N) is 2. The summed E-state index contributed by atoms with van der Waals surface area (Å²) in [6.45, 7) is 0.605. The molecule has 0 saturated carbocycles. The smallest absolute Gasteiger partial charge is 0.407 e. The molecule has 2 amide bonds. The molecule has 0 bridgehead atoms. The highest BCUT2D eigenvalue weighted by Crippen LogP contribution is 2.34. The van der Waals surface area contributed by atoms with E-state index >= 15 is 0 Å². The normalized spacial score (nSPS) is 19.4. The molecule has 3 aromatic rings. The standard InChI is InChI=1S/C22H21N3O3/c26-21(24-19-10-4-8-16-9-5-12-23-20(16)19)18-14-25(22(27)28)13-11-17(18)15-6-2-1-3-7-15/h1-10,12,17-18H,11,13-14H2,(H,24,26)(H,27,28)/t17-,18-/m0/s1. The van der Waals surface area contributed by atoms with Gasteiger partial charge < -0.3 is 15.3 Å². The first-order valence-corrected chi connectivity index (χ1v) is 9.31. The summed E-state index contributed by atoms with van der Waals surface area (Å²) in [7, 11) is 0. The summed E-state index contributed by atoms with van der Waals surface area (Å²) in [4.78, 5) is 30.4. The number of amides is 2. The molecule has 4 rings (SSSR count). The van der Waals surface area contributed by atoms with E-state index in [1.54, 1.807) is 6.20 Å². The molecule has 142 valence electrons. The third-order valence-electron chi connectivity index (χ3n) is 5.34. The summed E-state index contributed by atoms with van der Waals surface area (Å²) in [5.41, 5.74) is 2.42. The van der Waals surface area contributed by atoms with Crippen LogP contribution in [0.2, 0.25) is 0 Å². The topological polar surface area (TPSA) is 82.5 Å². The quantitative estimate of drug-likeness (QED) is 0.726. The number of rotatable bonds is 3. The van der Waals surface area contributed by atoms with Crippen molar-refractivity contribution >= 4 is 28.6 Å². The summed E-state index contributed by atoms with van der Waals surface area (Å²) >= 11 is 0. The lowest BCUT2D eigenvalue weighted by Crippen LogP contribution is -2.46. The van der Waals surface area contributed by atoms with E-state index in [0.717, 1.165) is 16.5 Å². The summed E-state index contributed by atoms with van der Waals surface area (Å²) in [5.74, 6) is -0.677. The lowest BCUT2D eigenvalue weighted by molar-refractivity contribution is -0.121. The van der Waals surface area contributed by atoms with Crippen LogP contribution in [0.25, 0.3) is 10.9 Å². The number of hydrogen-bond acceptors (Lipinski definition) is 3. The Morgan fingerprint density at radius 2 is 1.82 bits per heavy atom. The molecule has 2 aromatic carbocycles. The molecule has 6 nitrogen and oxygen atoms in total. The van der Waals surface area contributed by atoms with E-state index < -0.39 is 12.0 Å². The first-order chi connectivity index (χ1) is 13.6. The molecule has 0 spiro atoms. The van der Waals surface area contributed by atoms with E-state index in [9.17, 15) is 14.7 Å². The number of hydrogen-bond donors (Lipinski definition) is 2. The molecular weight excluding hydrogens is 354 g/mol. The molecule has 0 radical (unpaired) electrons. The van der Waals surface area contributed by atoms with Crippen molar-refractivity contribution in [3.05, 3.63) is 72.4 Å². The number of fused-ring (bicyclic) bond motifs is 1. The van der Waals surface area contributed by atoms with Crippen molar-refractivity contribution in [1.29, 1.82) is 0 Å².